The average Bonchev–Trinajstić information content (AvgIpc) is 2.74. The van der Waals surface area contributed by atoms with Crippen molar-refractivity contribution in [2.24, 2.45) is 11.1 Å². The van der Waals surface area contributed by atoms with E-state index in [0.29, 0.717) is 12.5 Å². The van der Waals surface area contributed by atoms with E-state index in [1.165, 1.54) is 25.7 Å². The third-order valence-electron chi connectivity index (χ3n) is 4.70. The van der Waals surface area contributed by atoms with Gasteiger partial charge in [0.05, 0.1) is 0 Å². The van der Waals surface area contributed by atoms with Crippen LogP contribution >= 0.6 is 0 Å². The van der Waals surface area contributed by atoms with Crippen LogP contribution in [-0.2, 0) is 4.79 Å². The maximum atomic E-state index is 12.1. The standard InChI is InChI=1S/C14H26N2O/c1-13(2)7-5-6-11(13)16-12(17)10-14(15)8-3-4-9-14/h11H,3-10,15H2,1-2H3,(H,16,17). The lowest BCUT2D eigenvalue weighted by Gasteiger charge is -2.30. The zero-order valence-corrected chi connectivity index (χ0v) is 11.2. The lowest BCUT2D eigenvalue weighted by molar-refractivity contribution is -0.123. The lowest BCUT2D eigenvalue weighted by Crippen LogP contribution is -2.47. The molecule has 0 aromatic carbocycles. The molecule has 1 amide bonds. The van der Waals surface area contributed by atoms with Crippen LogP contribution in [0.25, 0.3) is 0 Å². The molecule has 2 saturated carbocycles. The van der Waals surface area contributed by atoms with Gasteiger partial charge in [0.15, 0.2) is 0 Å². The van der Waals surface area contributed by atoms with Crippen molar-refractivity contribution in [3.05, 3.63) is 0 Å². The fraction of sp³-hybridized carbons (Fsp3) is 0.929. The minimum Gasteiger partial charge on any atom is -0.353 e. The largest absolute Gasteiger partial charge is 0.353 e. The fourth-order valence-electron chi connectivity index (χ4n) is 3.42. The number of hydrogen-bond donors (Lipinski definition) is 2. The van der Waals surface area contributed by atoms with Gasteiger partial charge in [-0.25, -0.2) is 0 Å². The average molecular weight is 238 g/mol. The molecular weight excluding hydrogens is 212 g/mol. The van der Waals surface area contributed by atoms with E-state index in [4.69, 9.17) is 5.73 Å². The molecule has 0 radical (unpaired) electrons. The van der Waals surface area contributed by atoms with E-state index in [9.17, 15) is 4.79 Å². The number of rotatable bonds is 3. The first-order valence-electron chi connectivity index (χ1n) is 7.00. The summed E-state index contributed by atoms with van der Waals surface area (Å²) in [6.07, 6.45) is 8.45. The fourth-order valence-corrected chi connectivity index (χ4v) is 3.42. The topological polar surface area (TPSA) is 55.1 Å². The molecule has 3 nitrogen and oxygen atoms in total. The molecule has 2 aliphatic rings. The summed E-state index contributed by atoms with van der Waals surface area (Å²) < 4.78 is 0. The van der Waals surface area contributed by atoms with Gasteiger partial charge in [0.25, 0.3) is 0 Å². The van der Waals surface area contributed by atoms with Crippen molar-refractivity contribution in [1.29, 1.82) is 0 Å². The van der Waals surface area contributed by atoms with E-state index in [-0.39, 0.29) is 16.9 Å². The molecule has 0 aromatic rings. The van der Waals surface area contributed by atoms with Crippen molar-refractivity contribution in [1.82, 2.24) is 5.32 Å². The second-order valence-electron chi connectivity index (χ2n) is 6.75. The van der Waals surface area contributed by atoms with Gasteiger partial charge in [0, 0.05) is 18.0 Å². The first-order chi connectivity index (χ1) is 7.91. The molecule has 0 spiro atoms. The van der Waals surface area contributed by atoms with Crippen LogP contribution in [0.5, 0.6) is 0 Å². The van der Waals surface area contributed by atoms with Gasteiger partial charge >= 0.3 is 0 Å². The highest BCUT2D eigenvalue weighted by Crippen LogP contribution is 2.37. The molecule has 3 heteroatoms. The van der Waals surface area contributed by atoms with Crippen LogP contribution in [0, 0.1) is 5.41 Å². The van der Waals surface area contributed by atoms with Gasteiger partial charge in [-0.05, 0) is 31.1 Å². The van der Waals surface area contributed by atoms with Gasteiger partial charge < -0.3 is 11.1 Å². The van der Waals surface area contributed by atoms with Crippen LogP contribution in [0.15, 0.2) is 0 Å². The monoisotopic (exact) mass is 238 g/mol. The Morgan fingerprint density at radius 3 is 2.41 bits per heavy atom. The molecule has 2 fully saturated rings. The molecule has 2 aliphatic carbocycles. The Hall–Kier alpha value is -0.570. The molecule has 0 aliphatic heterocycles. The summed E-state index contributed by atoms with van der Waals surface area (Å²) in [4.78, 5) is 12.1. The van der Waals surface area contributed by atoms with Gasteiger partial charge in [-0.15, -0.1) is 0 Å². The van der Waals surface area contributed by atoms with Gasteiger partial charge in [-0.2, -0.15) is 0 Å². The molecule has 17 heavy (non-hydrogen) atoms. The molecular formula is C14H26N2O. The highest BCUT2D eigenvalue weighted by atomic mass is 16.1. The maximum absolute atomic E-state index is 12.1. The Balaban J connectivity index is 1.85. The minimum atomic E-state index is -0.215. The molecule has 0 saturated heterocycles. The van der Waals surface area contributed by atoms with E-state index >= 15 is 0 Å². The van der Waals surface area contributed by atoms with Gasteiger partial charge in [0.2, 0.25) is 5.91 Å². The summed E-state index contributed by atoms with van der Waals surface area (Å²) in [5.74, 6) is 0.161. The Labute approximate surface area is 105 Å². The van der Waals surface area contributed by atoms with Crippen LogP contribution < -0.4 is 11.1 Å². The molecule has 0 heterocycles. The van der Waals surface area contributed by atoms with Crippen molar-refractivity contribution >= 4 is 5.91 Å². The molecule has 1 atom stereocenters. The van der Waals surface area contributed by atoms with Crippen molar-refractivity contribution in [2.75, 3.05) is 0 Å². The zero-order chi connectivity index (χ0) is 12.5. The molecule has 2 rings (SSSR count). The second-order valence-corrected chi connectivity index (χ2v) is 6.75. The highest BCUT2D eigenvalue weighted by molar-refractivity contribution is 5.77. The smallest absolute Gasteiger partial charge is 0.222 e. The maximum Gasteiger partial charge on any atom is 0.222 e. The number of hydrogen-bond acceptors (Lipinski definition) is 2. The third kappa shape index (κ3) is 3.01. The molecule has 0 aromatic heterocycles. The first kappa shape index (κ1) is 12.9. The predicted molar refractivity (Wildman–Crippen MR) is 69.6 cm³/mol. The van der Waals surface area contributed by atoms with Crippen molar-refractivity contribution in [3.8, 4) is 0 Å². The van der Waals surface area contributed by atoms with Gasteiger partial charge in [-0.1, -0.05) is 33.1 Å². The van der Waals surface area contributed by atoms with Crippen LogP contribution in [-0.4, -0.2) is 17.5 Å². The Morgan fingerprint density at radius 1 is 1.24 bits per heavy atom. The molecule has 1 unspecified atom stereocenters. The number of carbonyl (C=O) groups is 1. The van der Waals surface area contributed by atoms with Crippen molar-refractivity contribution in [3.63, 3.8) is 0 Å². The second kappa shape index (κ2) is 4.60. The summed E-state index contributed by atoms with van der Waals surface area (Å²) in [5, 5.41) is 3.20. The van der Waals surface area contributed by atoms with E-state index in [2.05, 4.69) is 19.2 Å². The Morgan fingerprint density at radius 2 is 1.88 bits per heavy atom. The van der Waals surface area contributed by atoms with Crippen LogP contribution in [0.4, 0.5) is 0 Å². The number of nitrogens with one attached hydrogen (secondary N) is 1. The number of amides is 1. The van der Waals surface area contributed by atoms with Gasteiger partial charge in [0.1, 0.15) is 0 Å². The summed E-state index contributed by atoms with van der Waals surface area (Å²) in [6.45, 7) is 4.50. The summed E-state index contributed by atoms with van der Waals surface area (Å²) in [5.41, 5.74) is 6.28. The number of carbonyl (C=O) groups excluding carboxylic acids is 1. The molecule has 3 N–H and O–H groups in total. The summed E-state index contributed by atoms with van der Waals surface area (Å²) in [6, 6.07) is 0.347. The van der Waals surface area contributed by atoms with Crippen LogP contribution in [0.3, 0.4) is 0 Å². The Kier molecular flexibility index (Phi) is 3.48. The lowest BCUT2D eigenvalue weighted by atomic mass is 9.87. The van der Waals surface area contributed by atoms with E-state index in [1.807, 2.05) is 0 Å². The molecule has 0 bridgehead atoms. The summed E-state index contributed by atoms with van der Waals surface area (Å²) >= 11 is 0. The normalized spacial score (nSPS) is 30.4. The van der Waals surface area contributed by atoms with Crippen molar-refractivity contribution in [2.45, 2.75) is 76.8 Å². The highest BCUT2D eigenvalue weighted by Gasteiger charge is 2.37. The number of nitrogens with two attached hydrogens (primary N) is 1. The SMILES string of the molecule is CC1(C)CCCC1NC(=O)CC1(N)CCCC1. The molecule has 98 valence electrons. The van der Waals surface area contributed by atoms with E-state index in [0.717, 1.165) is 19.3 Å². The van der Waals surface area contributed by atoms with Gasteiger partial charge in [-0.3, -0.25) is 4.79 Å². The van der Waals surface area contributed by atoms with Crippen LogP contribution in [0.2, 0.25) is 0 Å². The zero-order valence-electron chi connectivity index (χ0n) is 11.2. The van der Waals surface area contributed by atoms with Crippen molar-refractivity contribution < 1.29 is 4.79 Å². The predicted octanol–water partition coefficient (Wildman–Crippen LogP) is 2.34. The first-order valence-corrected chi connectivity index (χ1v) is 7.00. The summed E-state index contributed by atoms with van der Waals surface area (Å²) in [7, 11) is 0. The third-order valence-corrected chi connectivity index (χ3v) is 4.70. The quantitative estimate of drug-likeness (QED) is 0.793. The Bertz CT molecular complexity index is 293. The van der Waals surface area contributed by atoms with Crippen LogP contribution in [0.1, 0.15) is 65.2 Å². The minimum absolute atomic E-state index is 0.161. The van der Waals surface area contributed by atoms with E-state index in [1.54, 1.807) is 0 Å². The van der Waals surface area contributed by atoms with E-state index < -0.39 is 0 Å².